The second-order valence-electron chi connectivity index (χ2n) is 2.63. The summed E-state index contributed by atoms with van der Waals surface area (Å²) in [6.45, 7) is 4.01. The van der Waals surface area contributed by atoms with Crippen LogP contribution in [0.4, 0.5) is 0 Å². The summed E-state index contributed by atoms with van der Waals surface area (Å²) in [7, 11) is 0. The van der Waals surface area contributed by atoms with Crippen LogP contribution in [0.5, 0.6) is 0 Å². The molecule has 0 saturated heterocycles. The first-order valence-corrected chi connectivity index (χ1v) is 3.60. The molecule has 0 aromatic carbocycles. The number of allylic oxidation sites excluding steroid dienone is 4. The summed E-state index contributed by atoms with van der Waals surface area (Å²) in [5, 5.41) is 0. The first-order valence-electron chi connectivity index (χ1n) is 3.60. The van der Waals surface area contributed by atoms with E-state index >= 15 is 0 Å². The quantitative estimate of drug-likeness (QED) is 0.505. The highest BCUT2D eigenvalue weighted by Gasteiger charge is 2.14. The monoisotopic (exact) mass is 136 g/mol. The fourth-order valence-electron chi connectivity index (χ4n) is 1.34. The number of rotatable bonds is 1. The molecule has 0 N–H and O–H groups in total. The summed E-state index contributed by atoms with van der Waals surface area (Å²) in [5.74, 6) is 0. The van der Waals surface area contributed by atoms with E-state index in [0.717, 1.165) is 24.7 Å². The maximum atomic E-state index is 10.5. The molecule has 1 rings (SSSR count). The van der Waals surface area contributed by atoms with Gasteiger partial charge < -0.3 is 0 Å². The number of aldehydes is 1. The van der Waals surface area contributed by atoms with Crippen molar-refractivity contribution < 1.29 is 4.79 Å². The van der Waals surface area contributed by atoms with Crippen molar-refractivity contribution in [2.45, 2.75) is 26.7 Å². The Morgan fingerprint density at radius 2 is 2.10 bits per heavy atom. The van der Waals surface area contributed by atoms with Crippen molar-refractivity contribution in [3.05, 3.63) is 22.8 Å². The highest BCUT2D eigenvalue weighted by Crippen LogP contribution is 2.28. The van der Waals surface area contributed by atoms with Crippen molar-refractivity contribution in [3.8, 4) is 0 Å². The van der Waals surface area contributed by atoms with Crippen LogP contribution in [0.2, 0.25) is 0 Å². The van der Waals surface area contributed by atoms with Crippen LogP contribution in [0.25, 0.3) is 0 Å². The van der Waals surface area contributed by atoms with Gasteiger partial charge in [-0.3, -0.25) is 4.79 Å². The minimum absolute atomic E-state index is 0.933. The molecule has 0 bridgehead atoms. The molecule has 54 valence electrons. The lowest BCUT2D eigenvalue weighted by Gasteiger charge is -1.93. The zero-order chi connectivity index (χ0) is 7.56. The van der Waals surface area contributed by atoms with Crippen LogP contribution in [-0.4, -0.2) is 6.29 Å². The molecule has 1 nitrogen and oxygen atoms in total. The van der Waals surface area contributed by atoms with E-state index < -0.39 is 0 Å². The van der Waals surface area contributed by atoms with E-state index in [9.17, 15) is 4.79 Å². The molecule has 0 radical (unpaired) electrons. The van der Waals surface area contributed by atoms with E-state index in [-0.39, 0.29) is 0 Å². The molecule has 0 aromatic rings. The van der Waals surface area contributed by atoms with Gasteiger partial charge in [-0.2, -0.15) is 0 Å². The number of hydrogen-bond donors (Lipinski definition) is 0. The molecule has 1 heteroatoms. The number of hydrogen-bond acceptors (Lipinski definition) is 1. The molecule has 10 heavy (non-hydrogen) atoms. The fourth-order valence-corrected chi connectivity index (χ4v) is 1.34. The molecule has 0 amide bonds. The van der Waals surface area contributed by atoms with Gasteiger partial charge in [-0.1, -0.05) is 11.6 Å². The Labute approximate surface area is 61.4 Å². The predicted molar refractivity (Wildman–Crippen MR) is 41.8 cm³/mol. The second-order valence-corrected chi connectivity index (χ2v) is 2.63. The molecule has 0 unspecified atom stereocenters. The average Bonchev–Trinajstić information content (AvgIpc) is 2.30. The minimum atomic E-state index is 0.933. The molecule has 0 aliphatic heterocycles. The lowest BCUT2D eigenvalue weighted by atomic mass is 10.1. The van der Waals surface area contributed by atoms with Crippen LogP contribution >= 0.6 is 0 Å². The molecule has 0 fully saturated rings. The van der Waals surface area contributed by atoms with Gasteiger partial charge in [-0.05, 0) is 32.3 Å². The van der Waals surface area contributed by atoms with Crippen molar-refractivity contribution in [3.63, 3.8) is 0 Å². The Morgan fingerprint density at radius 3 is 2.50 bits per heavy atom. The smallest absolute Gasteiger partial charge is 0.150 e. The Kier molecular flexibility index (Phi) is 2.05. The van der Waals surface area contributed by atoms with Crippen LogP contribution in [0.1, 0.15) is 26.7 Å². The Hall–Kier alpha value is -0.850. The summed E-state index contributed by atoms with van der Waals surface area (Å²) in [6, 6.07) is 0. The average molecular weight is 136 g/mol. The standard InChI is InChI=1S/C9H12O/c1-3-8-5-4-7(2)9(8)6-10/h3,6H,4-5H2,1-2H3/b8-3-. The Balaban J connectivity index is 2.97. The van der Waals surface area contributed by atoms with Crippen LogP contribution in [0.15, 0.2) is 22.8 Å². The van der Waals surface area contributed by atoms with E-state index in [2.05, 4.69) is 0 Å². The van der Waals surface area contributed by atoms with Gasteiger partial charge in [0.15, 0.2) is 0 Å². The van der Waals surface area contributed by atoms with Crippen molar-refractivity contribution in [1.82, 2.24) is 0 Å². The third-order valence-electron chi connectivity index (χ3n) is 2.04. The lowest BCUT2D eigenvalue weighted by molar-refractivity contribution is -0.104. The van der Waals surface area contributed by atoms with Crippen LogP contribution in [0.3, 0.4) is 0 Å². The summed E-state index contributed by atoms with van der Waals surface area (Å²) in [5.41, 5.74) is 3.39. The first-order chi connectivity index (χ1) is 4.79. The normalized spacial score (nSPS) is 22.4. The zero-order valence-electron chi connectivity index (χ0n) is 6.48. The van der Waals surface area contributed by atoms with Crippen molar-refractivity contribution in [2.24, 2.45) is 0 Å². The molecule has 0 saturated carbocycles. The SMILES string of the molecule is C/C=C1/CCC(C)=C1C=O. The largest absolute Gasteiger partial charge is 0.298 e. The van der Waals surface area contributed by atoms with E-state index in [4.69, 9.17) is 0 Å². The summed E-state index contributed by atoms with van der Waals surface area (Å²) >= 11 is 0. The number of carbonyl (C=O) groups excluding carboxylic acids is 1. The third kappa shape index (κ3) is 1.04. The molecule has 0 atom stereocenters. The van der Waals surface area contributed by atoms with E-state index in [1.54, 1.807) is 0 Å². The van der Waals surface area contributed by atoms with Gasteiger partial charge in [0.2, 0.25) is 0 Å². The fraction of sp³-hybridized carbons (Fsp3) is 0.444. The third-order valence-corrected chi connectivity index (χ3v) is 2.04. The molecule has 1 aliphatic carbocycles. The summed E-state index contributed by atoms with van der Waals surface area (Å²) in [6.07, 6.45) is 5.11. The minimum Gasteiger partial charge on any atom is -0.298 e. The van der Waals surface area contributed by atoms with E-state index in [1.807, 2.05) is 19.9 Å². The van der Waals surface area contributed by atoms with Gasteiger partial charge in [0.05, 0.1) is 0 Å². The Bertz CT molecular complexity index is 209. The van der Waals surface area contributed by atoms with Gasteiger partial charge in [0.25, 0.3) is 0 Å². The van der Waals surface area contributed by atoms with Gasteiger partial charge in [-0.15, -0.1) is 0 Å². The molecule has 0 spiro atoms. The molecule has 0 heterocycles. The van der Waals surface area contributed by atoms with E-state index in [1.165, 1.54) is 11.1 Å². The summed E-state index contributed by atoms with van der Waals surface area (Å²) in [4.78, 5) is 10.5. The van der Waals surface area contributed by atoms with E-state index in [0.29, 0.717) is 0 Å². The van der Waals surface area contributed by atoms with Gasteiger partial charge in [0.1, 0.15) is 6.29 Å². The van der Waals surface area contributed by atoms with Gasteiger partial charge >= 0.3 is 0 Å². The maximum absolute atomic E-state index is 10.5. The Morgan fingerprint density at radius 1 is 1.40 bits per heavy atom. The predicted octanol–water partition coefficient (Wildman–Crippen LogP) is 2.24. The zero-order valence-corrected chi connectivity index (χ0v) is 6.48. The molecular formula is C9H12O. The summed E-state index contributed by atoms with van der Waals surface area (Å²) < 4.78 is 0. The molecular weight excluding hydrogens is 124 g/mol. The highest BCUT2D eigenvalue weighted by molar-refractivity contribution is 5.82. The van der Waals surface area contributed by atoms with Crippen molar-refractivity contribution in [1.29, 1.82) is 0 Å². The maximum Gasteiger partial charge on any atom is 0.150 e. The van der Waals surface area contributed by atoms with Crippen LogP contribution in [-0.2, 0) is 4.79 Å². The second kappa shape index (κ2) is 2.82. The van der Waals surface area contributed by atoms with Crippen LogP contribution < -0.4 is 0 Å². The molecule has 1 aliphatic rings. The first kappa shape index (κ1) is 7.26. The van der Waals surface area contributed by atoms with Crippen LogP contribution in [0, 0.1) is 0 Å². The number of carbonyl (C=O) groups is 1. The van der Waals surface area contributed by atoms with Crippen molar-refractivity contribution in [2.75, 3.05) is 0 Å². The molecule has 0 aromatic heterocycles. The highest BCUT2D eigenvalue weighted by atomic mass is 16.1. The lowest BCUT2D eigenvalue weighted by Crippen LogP contribution is -1.84. The van der Waals surface area contributed by atoms with Gasteiger partial charge in [0, 0.05) is 5.57 Å². The van der Waals surface area contributed by atoms with Gasteiger partial charge in [-0.25, -0.2) is 0 Å². The van der Waals surface area contributed by atoms with Crippen molar-refractivity contribution >= 4 is 6.29 Å². The topological polar surface area (TPSA) is 17.1 Å².